The van der Waals surface area contributed by atoms with Crippen molar-refractivity contribution in [1.82, 2.24) is 5.32 Å². The van der Waals surface area contributed by atoms with Crippen molar-refractivity contribution >= 4 is 0 Å². The third-order valence-electron chi connectivity index (χ3n) is 1.92. The largest absolute Gasteiger partial charge is 0.435 e. The van der Waals surface area contributed by atoms with Crippen LogP contribution in [0.2, 0.25) is 0 Å². The topological polar surface area (TPSA) is 21.3 Å². The first-order valence-electron chi connectivity index (χ1n) is 4.90. The molecule has 1 aromatic rings. The molecule has 0 unspecified atom stereocenters. The van der Waals surface area contributed by atoms with E-state index in [4.69, 9.17) is 6.42 Å². The number of ether oxygens (including phenoxy) is 1. The van der Waals surface area contributed by atoms with Crippen molar-refractivity contribution < 1.29 is 13.5 Å². The van der Waals surface area contributed by atoms with Crippen LogP contribution in [-0.4, -0.2) is 13.2 Å². The van der Waals surface area contributed by atoms with E-state index in [-0.39, 0.29) is 5.75 Å². The van der Waals surface area contributed by atoms with Crippen LogP contribution in [0.15, 0.2) is 24.3 Å². The summed E-state index contributed by atoms with van der Waals surface area (Å²) in [5.74, 6) is 2.69. The molecule has 16 heavy (non-hydrogen) atoms. The van der Waals surface area contributed by atoms with E-state index >= 15 is 0 Å². The number of hydrogen-bond acceptors (Lipinski definition) is 2. The van der Waals surface area contributed by atoms with Gasteiger partial charge in [-0.05, 0) is 17.7 Å². The Labute approximate surface area is 93.6 Å². The molecular formula is C12H13F2NO. The minimum atomic E-state index is -2.78. The van der Waals surface area contributed by atoms with E-state index in [1.807, 2.05) is 0 Å². The summed E-state index contributed by atoms with van der Waals surface area (Å²) in [5.41, 5.74) is 0.999. The highest BCUT2D eigenvalue weighted by Crippen LogP contribution is 2.14. The van der Waals surface area contributed by atoms with Crippen LogP contribution < -0.4 is 10.1 Å². The molecule has 4 heteroatoms. The fourth-order valence-corrected chi connectivity index (χ4v) is 1.18. The van der Waals surface area contributed by atoms with Crippen molar-refractivity contribution in [2.45, 2.75) is 19.6 Å². The van der Waals surface area contributed by atoms with E-state index < -0.39 is 6.61 Å². The first kappa shape index (κ1) is 12.5. The summed E-state index contributed by atoms with van der Waals surface area (Å²) in [6.45, 7) is -1.37. The number of alkyl halides is 2. The van der Waals surface area contributed by atoms with Crippen molar-refractivity contribution in [3.63, 3.8) is 0 Å². The third kappa shape index (κ3) is 4.76. The molecule has 0 saturated heterocycles. The minimum absolute atomic E-state index is 0.169. The first-order chi connectivity index (χ1) is 7.72. The quantitative estimate of drug-likeness (QED) is 0.593. The van der Waals surface area contributed by atoms with Gasteiger partial charge in [0.05, 0.1) is 0 Å². The van der Waals surface area contributed by atoms with E-state index in [1.165, 1.54) is 12.1 Å². The van der Waals surface area contributed by atoms with Crippen molar-refractivity contribution in [3.05, 3.63) is 29.8 Å². The highest BCUT2D eigenvalue weighted by molar-refractivity contribution is 5.27. The lowest BCUT2D eigenvalue weighted by atomic mass is 10.2. The van der Waals surface area contributed by atoms with Gasteiger partial charge < -0.3 is 10.1 Å². The maximum Gasteiger partial charge on any atom is 0.387 e. The molecule has 0 amide bonds. The van der Waals surface area contributed by atoms with E-state index in [2.05, 4.69) is 16.0 Å². The summed E-state index contributed by atoms with van der Waals surface area (Å²) < 4.78 is 27.9. The lowest BCUT2D eigenvalue weighted by Gasteiger charge is -2.06. The zero-order chi connectivity index (χ0) is 11.8. The average Bonchev–Trinajstić information content (AvgIpc) is 2.26. The van der Waals surface area contributed by atoms with Crippen molar-refractivity contribution in [1.29, 1.82) is 0 Å². The van der Waals surface area contributed by atoms with Gasteiger partial charge in [-0.3, -0.25) is 0 Å². The van der Waals surface area contributed by atoms with E-state index in [9.17, 15) is 8.78 Å². The zero-order valence-electron chi connectivity index (χ0n) is 8.75. The van der Waals surface area contributed by atoms with E-state index in [0.29, 0.717) is 13.0 Å². The van der Waals surface area contributed by atoms with Gasteiger partial charge in [0.15, 0.2) is 0 Å². The van der Waals surface area contributed by atoms with Gasteiger partial charge in [0.25, 0.3) is 0 Å². The Kier molecular flexibility index (Phi) is 5.30. The number of halogens is 2. The molecule has 0 spiro atoms. The van der Waals surface area contributed by atoms with Crippen LogP contribution in [0.25, 0.3) is 0 Å². The fourth-order valence-electron chi connectivity index (χ4n) is 1.18. The Bertz CT molecular complexity index is 343. The van der Waals surface area contributed by atoms with Crippen molar-refractivity contribution in [2.75, 3.05) is 6.54 Å². The molecule has 0 aromatic heterocycles. The predicted molar refractivity (Wildman–Crippen MR) is 58.2 cm³/mol. The van der Waals surface area contributed by atoms with Gasteiger partial charge >= 0.3 is 6.61 Å². The lowest BCUT2D eigenvalue weighted by Crippen LogP contribution is -2.14. The molecule has 0 aliphatic heterocycles. The zero-order valence-corrected chi connectivity index (χ0v) is 8.75. The summed E-state index contributed by atoms with van der Waals surface area (Å²) >= 11 is 0. The molecule has 0 fully saturated rings. The van der Waals surface area contributed by atoms with Crippen LogP contribution in [0.3, 0.4) is 0 Å². The molecule has 0 radical (unpaired) electrons. The molecule has 0 heterocycles. The van der Waals surface area contributed by atoms with Gasteiger partial charge in [0, 0.05) is 19.5 Å². The number of terminal acetylenes is 1. The van der Waals surface area contributed by atoms with Crippen molar-refractivity contribution in [3.8, 4) is 18.1 Å². The van der Waals surface area contributed by atoms with Crippen LogP contribution >= 0.6 is 0 Å². The predicted octanol–water partition coefficient (Wildman–Crippen LogP) is 2.40. The van der Waals surface area contributed by atoms with Crippen LogP contribution in [-0.2, 0) is 6.54 Å². The lowest BCUT2D eigenvalue weighted by molar-refractivity contribution is -0.0498. The van der Waals surface area contributed by atoms with Gasteiger partial charge in [-0.2, -0.15) is 8.78 Å². The maximum absolute atomic E-state index is 11.9. The molecule has 1 rings (SSSR count). The Morgan fingerprint density at radius 1 is 1.31 bits per heavy atom. The second-order valence-corrected chi connectivity index (χ2v) is 3.15. The summed E-state index contributed by atoms with van der Waals surface area (Å²) in [7, 11) is 0. The molecule has 0 aliphatic rings. The first-order valence-corrected chi connectivity index (χ1v) is 4.90. The minimum Gasteiger partial charge on any atom is -0.435 e. The van der Waals surface area contributed by atoms with Crippen LogP contribution in [0.1, 0.15) is 12.0 Å². The van der Waals surface area contributed by atoms with E-state index in [1.54, 1.807) is 12.1 Å². The highest BCUT2D eigenvalue weighted by Gasteiger charge is 2.03. The Morgan fingerprint density at radius 2 is 2.00 bits per heavy atom. The third-order valence-corrected chi connectivity index (χ3v) is 1.92. The van der Waals surface area contributed by atoms with Gasteiger partial charge in [-0.1, -0.05) is 12.1 Å². The van der Waals surface area contributed by atoms with Crippen LogP contribution in [0.4, 0.5) is 8.78 Å². The Hall–Kier alpha value is -1.60. The van der Waals surface area contributed by atoms with Crippen molar-refractivity contribution in [2.24, 2.45) is 0 Å². The molecule has 0 aliphatic carbocycles. The molecular weight excluding hydrogens is 212 g/mol. The maximum atomic E-state index is 11.9. The van der Waals surface area contributed by atoms with Gasteiger partial charge in [0.2, 0.25) is 0 Å². The summed E-state index contributed by atoms with van der Waals surface area (Å²) in [5, 5.41) is 3.13. The summed E-state index contributed by atoms with van der Waals surface area (Å²) in [6.07, 6.45) is 5.77. The van der Waals surface area contributed by atoms with Gasteiger partial charge in [-0.15, -0.1) is 12.3 Å². The standard InChI is InChI=1S/C12H13F2NO/c1-2-3-8-15-9-10-4-6-11(7-5-10)16-12(13)14/h1,4-7,12,15H,3,8-9H2. The van der Waals surface area contributed by atoms with Gasteiger partial charge in [-0.25, -0.2) is 0 Å². The number of nitrogens with one attached hydrogen (secondary N) is 1. The Balaban J connectivity index is 2.37. The van der Waals surface area contributed by atoms with E-state index in [0.717, 1.165) is 12.1 Å². The molecule has 1 aromatic carbocycles. The molecule has 0 saturated carbocycles. The number of rotatable bonds is 6. The normalized spacial score (nSPS) is 10.1. The Morgan fingerprint density at radius 3 is 2.56 bits per heavy atom. The summed E-state index contributed by atoms with van der Waals surface area (Å²) in [4.78, 5) is 0. The number of hydrogen-bond donors (Lipinski definition) is 1. The molecule has 86 valence electrons. The molecule has 0 atom stereocenters. The van der Waals surface area contributed by atoms with Crippen LogP contribution in [0, 0.1) is 12.3 Å². The SMILES string of the molecule is C#CCCNCc1ccc(OC(F)F)cc1. The highest BCUT2D eigenvalue weighted by atomic mass is 19.3. The second kappa shape index (κ2) is 6.81. The number of benzene rings is 1. The molecule has 2 nitrogen and oxygen atoms in total. The molecule has 1 N–H and O–H groups in total. The average molecular weight is 225 g/mol. The smallest absolute Gasteiger partial charge is 0.387 e. The fraction of sp³-hybridized carbons (Fsp3) is 0.333. The molecule has 0 bridgehead atoms. The van der Waals surface area contributed by atoms with Crippen LogP contribution in [0.5, 0.6) is 5.75 Å². The second-order valence-electron chi connectivity index (χ2n) is 3.15. The van der Waals surface area contributed by atoms with Gasteiger partial charge in [0.1, 0.15) is 5.75 Å². The monoisotopic (exact) mass is 225 g/mol. The summed E-state index contributed by atoms with van der Waals surface area (Å²) in [6, 6.07) is 6.51.